The van der Waals surface area contributed by atoms with Crippen molar-refractivity contribution in [2.75, 3.05) is 25.0 Å². The number of non-ortho nitro benzene ring substituents is 1. The summed E-state index contributed by atoms with van der Waals surface area (Å²) in [5, 5.41) is 36.4. The van der Waals surface area contributed by atoms with E-state index in [1.807, 2.05) is 42.5 Å². The Morgan fingerprint density at radius 1 is 0.854 bits per heavy atom. The van der Waals surface area contributed by atoms with E-state index in [-0.39, 0.29) is 40.6 Å². The molecule has 0 bridgehead atoms. The summed E-state index contributed by atoms with van der Waals surface area (Å²) in [5.41, 5.74) is 2.43. The van der Waals surface area contributed by atoms with E-state index in [0.29, 0.717) is 30.8 Å². The molecule has 2 N–H and O–H groups in total. The maximum atomic E-state index is 12.5. The molecule has 246 valence electrons. The van der Waals surface area contributed by atoms with E-state index >= 15 is 0 Å². The number of anilines is 1. The first-order chi connectivity index (χ1) is 23.0. The van der Waals surface area contributed by atoms with E-state index in [2.05, 4.69) is 36.8 Å². The van der Waals surface area contributed by atoms with Gasteiger partial charge in [0.15, 0.2) is 18.1 Å². The number of carbonyl (C=O) groups is 3. The van der Waals surface area contributed by atoms with Crippen LogP contribution in [-0.2, 0) is 20.7 Å². The van der Waals surface area contributed by atoms with Gasteiger partial charge in [0.05, 0.1) is 32.5 Å². The van der Waals surface area contributed by atoms with Gasteiger partial charge in [-0.1, -0.05) is 60.7 Å². The van der Waals surface area contributed by atoms with Crippen molar-refractivity contribution in [3.8, 4) is 11.1 Å². The summed E-state index contributed by atoms with van der Waals surface area (Å²) in [4.78, 5) is 57.5. The predicted octanol–water partition coefficient (Wildman–Crippen LogP) is 7.25. The average Bonchev–Trinajstić information content (AvgIpc) is 3.07. The average molecular weight is 718 g/mol. The Balaban J connectivity index is 1.27. The molecule has 0 unspecified atom stereocenters. The number of ketones is 1. The van der Waals surface area contributed by atoms with Gasteiger partial charge in [0.1, 0.15) is 5.69 Å². The fraction of sp³-hybridized carbons (Fsp3) is 0.182. The zero-order valence-electron chi connectivity index (χ0n) is 25.6. The van der Waals surface area contributed by atoms with Crippen LogP contribution in [0.2, 0.25) is 0 Å². The largest absolute Gasteiger partial charge is 0.457 e. The molecule has 4 aromatic rings. The summed E-state index contributed by atoms with van der Waals surface area (Å²) in [6.07, 6.45) is 0.566. The van der Waals surface area contributed by atoms with Crippen LogP contribution in [0.4, 0.5) is 28.4 Å². The molecular formula is C33H29BrN6O8. The monoisotopic (exact) mass is 716 g/mol. The molecule has 4 rings (SSSR count). The van der Waals surface area contributed by atoms with Crippen LogP contribution in [0, 0.1) is 20.2 Å². The van der Waals surface area contributed by atoms with Gasteiger partial charge in [0.2, 0.25) is 5.91 Å². The molecule has 1 amide bonds. The van der Waals surface area contributed by atoms with Gasteiger partial charge >= 0.3 is 11.7 Å². The number of halogens is 1. The first-order valence-electron chi connectivity index (χ1n) is 14.5. The molecule has 48 heavy (non-hydrogen) atoms. The van der Waals surface area contributed by atoms with Gasteiger partial charge in [0, 0.05) is 25.1 Å². The van der Waals surface area contributed by atoms with Crippen LogP contribution in [0.25, 0.3) is 11.1 Å². The topological polar surface area (TPSA) is 196 Å². The molecule has 0 heterocycles. The lowest BCUT2D eigenvalue weighted by molar-refractivity contribution is -0.393. The highest BCUT2D eigenvalue weighted by Crippen LogP contribution is 2.40. The number of carbonyl (C=O) groups excluding carboxylic acids is 3. The van der Waals surface area contributed by atoms with Crippen molar-refractivity contribution in [1.29, 1.82) is 0 Å². The Morgan fingerprint density at radius 2 is 1.56 bits per heavy atom. The normalized spacial score (nSPS) is 10.9. The minimum atomic E-state index is -0.803. The van der Waals surface area contributed by atoms with E-state index < -0.39 is 27.2 Å². The Morgan fingerprint density at radius 3 is 2.23 bits per heavy atom. The number of Topliss-reactive ketones (excluding diaryl/α,β-unsaturated/α-hetero) is 1. The lowest BCUT2D eigenvalue weighted by atomic mass is 10.0. The molecule has 0 aliphatic rings. The Bertz CT molecular complexity index is 1870. The van der Waals surface area contributed by atoms with Crippen LogP contribution in [0.3, 0.4) is 0 Å². The standard InChI is InChI=1S/C33H29BrN6O8/c1-21(41)36-29-17-22(7-12-28(29)37-38-33-27(34)18-26(39(44)45)19-30(33)40(46)47)13-15-35-16-14-32(43)48-20-31(42)25-10-8-24(9-11-25)23-5-3-2-4-6-23/h2-12,17-19,35H,13-16,20H2,1H3,(H,36,41). The van der Waals surface area contributed by atoms with Gasteiger partial charge in [-0.05, 0) is 57.7 Å². The van der Waals surface area contributed by atoms with Crippen molar-refractivity contribution in [2.45, 2.75) is 19.8 Å². The Labute approximate surface area is 282 Å². The van der Waals surface area contributed by atoms with Gasteiger partial charge in [-0.25, -0.2) is 0 Å². The number of benzene rings is 4. The van der Waals surface area contributed by atoms with Crippen LogP contribution in [0.1, 0.15) is 29.3 Å². The second-order valence-electron chi connectivity index (χ2n) is 10.3. The van der Waals surface area contributed by atoms with Crippen molar-refractivity contribution in [3.05, 3.63) is 121 Å². The number of nitrogens with one attached hydrogen (secondary N) is 2. The highest BCUT2D eigenvalue weighted by Gasteiger charge is 2.23. The van der Waals surface area contributed by atoms with Gasteiger partial charge in [-0.15, -0.1) is 10.2 Å². The third-order valence-corrected chi connectivity index (χ3v) is 7.44. The van der Waals surface area contributed by atoms with Crippen molar-refractivity contribution in [1.82, 2.24) is 5.32 Å². The van der Waals surface area contributed by atoms with Crippen molar-refractivity contribution >= 4 is 62.0 Å². The summed E-state index contributed by atoms with van der Waals surface area (Å²) in [6.45, 7) is 1.74. The number of nitro groups is 2. The maximum Gasteiger partial charge on any atom is 0.307 e. The SMILES string of the molecule is CC(=O)Nc1cc(CCNCCC(=O)OCC(=O)c2ccc(-c3ccccc3)cc2)ccc1N=Nc1c(Br)cc([N+](=O)[O-])cc1[N+](=O)[O-]. The van der Waals surface area contributed by atoms with E-state index in [1.54, 1.807) is 30.3 Å². The van der Waals surface area contributed by atoms with Crippen molar-refractivity contribution in [2.24, 2.45) is 10.2 Å². The fourth-order valence-electron chi connectivity index (χ4n) is 4.46. The molecule has 0 atom stereocenters. The number of amides is 1. The summed E-state index contributed by atoms with van der Waals surface area (Å²) in [5.74, 6) is -1.20. The highest BCUT2D eigenvalue weighted by molar-refractivity contribution is 9.10. The molecule has 0 saturated carbocycles. The van der Waals surface area contributed by atoms with Gasteiger partial charge < -0.3 is 15.4 Å². The smallest absolute Gasteiger partial charge is 0.307 e. The maximum absolute atomic E-state index is 12.5. The first kappa shape index (κ1) is 35.2. The first-order valence-corrected chi connectivity index (χ1v) is 15.3. The second-order valence-corrected chi connectivity index (χ2v) is 11.2. The number of nitrogens with zero attached hydrogens (tertiary/aromatic N) is 4. The third kappa shape index (κ3) is 9.91. The summed E-state index contributed by atoms with van der Waals surface area (Å²) >= 11 is 3.08. The van der Waals surface area contributed by atoms with Crippen molar-refractivity contribution in [3.63, 3.8) is 0 Å². The molecule has 0 radical (unpaired) electrons. The molecule has 0 spiro atoms. The van der Waals surface area contributed by atoms with Crippen LogP contribution in [-0.4, -0.2) is 47.2 Å². The minimum Gasteiger partial charge on any atom is -0.457 e. The van der Waals surface area contributed by atoms with Crippen LogP contribution >= 0.6 is 15.9 Å². The summed E-state index contributed by atoms with van der Waals surface area (Å²) in [6, 6.07) is 23.7. The number of hydrogen-bond acceptors (Lipinski definition) is 11. The molecule has 0 aliphatic heterocycles. The number of azo groups is 1. The van der Waals surface area contributed by atoms with Gasteiger partial charge in [0.25, 0.3) is 5.69 Å². The van der Waals surface area contributed by atoms with E-state index in [0.717, 1.165) is 28.8 Å². The van der Waals surface area contributed by atoms with Crippen LogP contribution in [0.15, 0.2) is 99.6 Å². The molecule has 14 nitrogen and oxygen atoms in total. The van der Waals surface area contributed by atoms with E-state index in [1.165, 1.54) is 6.92 Å². The number of rotatable bonds is 15. The predicted molar refractivity (Wildman–Crippen MR) is 181 cm³/mol. The quantitative estimate of drug-likeness (QED) is 0.0318. The van der Waals surface area contributed by atoms with Crippen LogP contribution in [0.5, 0.6) is 0 Å². The Hall–Kier alpha value is -5.67. The Kier molecular flexibility index (Phi) is 12.3. The van der Waals surface area contributed by atoms with Gasteiger partial charge in [-0.2, -0.15) is 0 Å². The number of hydrogen-bond donors (Lipinski definition) is 2. The fourth-order valence-corrected chi connectivity index (χ4v) is 4.98. The summed E-state index contributed by atoms with van der Waals surface area (Å²) in [7, 11) is 0. The molecule has 0 fully saturated rings. The van der Waals surface area contributed by atoms with Gasteiger partial charge in [-0.3, -0.25) is 34.6 Å². The number of nitro benzene ring substituents is 2. The molecule has 0 aromatic heterocycles. The second kappa shape index (κ2) is 16.8. The molecule has 15 heteroatoms. The molecular weight excluding hydrogens is 688 g/mol. The zero-order valence-corrected chi connectivity index (χ0v) is 27.1. The number of esters is 1. The van der Waals surface area contributed by atoms with Crippen LogP contribution < -0.4 is 10.6 Å². The third-order valence-electron chi connectivity index (χ3n) is 6.84. The lowest BCUT2D eigenvalue weighted by Gasteiger charge is -2.10. The molecule has 0 aliphatic carbocycles. The zero-order chi connectivity index (χ0) is 34.6. The summed E-state index contributed by atoms with van der Waals surface area (Å²) < 4.78 is 5.14. The van der Waals surface area contributed by atoms with E-state index in [9.17, 15) is 34.6 Å². The lowest BCUT2D eigenvalue weighted by Crippen LogP contribution is -2.23. The van der Waals surface area contributed by atoms with E-state index in [4.69, 9.17) is 4.74 Å². The number of ether oxygens (including phenoxy) is 1. The minimum absolute atomic E-state index is 0.000210. The highest BCUT2D eigenvalue weighted by atomic mass is 79.9. The van der Waals surface area contributed by atoms with Crippen molar-refractivity contribution < 1.29 is 29.0 Å². The molecule has 4 aromatic carbocycles. The molecule has 0 saturated heterocycles.